The highest BCUT2D eigenvalue weighted by atomic mass is 32.1. The van der Waals surface area contributed by atoms with E-state index in [0.29, 0.717) is 11.2 Å². The summed E-state index contributed by atoms with van der Waals surface area (Å²) in [5, 5.41) is 8.20. The fourth-order valence-corrected chi connectivity index (χ4v) is 3.99. The molecular formula is C16H19N3O2S. The summed E-state index contributed by atoms with van der Waals surface area (Å²) in [5.41, 5.74) is 3.85. The first-order valence-corrected chi connectivity index (χ1v) is 8.18. The van der Waals surface area contributed by atoms with Crippen molar-refractivity contribution in [2.45, 2.75) is 31.7 Å². The summed E-state index contributed by atoms with van der Waals surface area (Å²) in [6, 6.07) is 6.25. The highest BCUT2D eigenvalue weighted by Gasteiger charge is 2.39. The summed E-state index contributed by atoms with van der Waals surface area (Å²) in [6.45, 7) is 0.283. The van der Waals surface area contributed by atoms with Gasteiger partial charge in [-0.15, -0.1) is 0 Å². The molecule has 0 amide bonds. The van der Waals surface area contributed by atoms with Crippen LogP contribution in [-0.2, 0) is 0 Å². The van der Waals surface area contributed by atoms with Crippen LogP contribution in [-0.4, -0.2) is 24.2 Å². The normalized spacial score (nSPS) is 28.3. The fourth-order valence-electron chi connectivity index (χ4n) is 3.78. The fraction of sp³-hybridized carbons (Fsp3) is 0.500. The molecule has 3 aliphatic rings. The van der Waals surface area contributed by atoms with Crippen LogP contribution in [0.4, 0.5) is 0 Å². The van der Waals surface area contributed by atoms with Crippen LogP contribution < -0.4 is 20.2 Å². The molecule has 3 atom stereocenters. The molecule has 5 nitrogen and oxygen atoms in total. The van der Waals surface area contributed by atoms with Gasteiger partial charge in [-0.3, -0.25) is 5.43 Å². The van der Waals surface area contributed by atoms with Crippen LogP contribution in [0.3, 0.4) is 0 Å². The Balaban J connectivity index is 1.29. The summed E-state index contributed by atoms with van der Waals surface area (Å²) in [4.78, 5) is 0. The summed E-state index contributed by atoms with van der Waals surface area (Å²) in [5.74, 6) is 3.23. The average Bonchev–Trinajstić information content (AvgIpc) is 3.22. The number of nitrogens with zero attached hydrogens (tertiary/aromatic N) is 1. The maximum absolute atomic E-state index is 5.34. The molecule has 22 heavy (non-hydrogen) atoms. The van der Waals surface area contributed by atoms with E-state index in [1.165, 1.54) is 25.7 Å². The number of thiocarbonyl (C=S) groups is 1. The molecule has 0 saturated heterocycles. The molecule has 1 aromatic carbocycles. The van der Waals surface area contributed by atoms with Crippen LogP contribution in [0.15, 0.2) is 23.3 Å². The number of hydrazone groups is 1. The Labute approximate surface area is 135 Å². The van der Waals surface area contributed by atoms with E-state index >= 15 is 0 Å². The SMILES string of the molecule is S=C(N/N=C\c1ccc2c(c1)OCO2)N[C@@H]1C[C@@H]2CC[C@H]1C2. The Morgan fingerprint density at radius 1 is 1.23 bits per heavy atom. The van der Waals surface area contributed by atoms with E-state index in [1.54, 1.807) is 6.21 Å². The first-order chi connectivity index (χ1) is 10.8. The van der Waals surface area contributed by atoms with Crippen molar-refractivity contribution in [1.82, 2.24) is 10.7 Å². The third-order valence-electron chi connectivity index (χ3n) is 4.83. The summed E-state index contributed by atoms with van der Waals surface area (Å²) in [6.07, 6.45) is 7.08. The Kier molecular flexibility index (Phi) is 3.62. The Hall–Kier alpha value is -1.82. The molecule has 0 spiro atoms. The van der Waals surface area contributed by atoms with Crippen LogP contribution in [0.5, 0.6) is 11.5 Å². The molecule has 116 valence electrons. The zero-order chi connectivity index (χ0) is 14.9. The van der Waals surface area contributed by atoms with Gasteiger partial charge in [-0.05, 0) is 67.1 Å². The van der Waals surface area contributed by atoms with Gasteiger partial charge in [0.25, 0.3) is 0 Å². The van der Waals surface area contributed by atoms with E-state index in [2.05, 4.69) is 15.8 Å². The molecule has 0 aromatic heterocycles. The standard InChI is InChI=1S/C16H19N3O2S/c22-16(18-13-6-10-1-3-12(13)5-10)19-17-8-11-2-4-14-15(7-11)21-9-20-14/h2,4,7-8,10,12-13H,1,3,5-6,9H2,(H2,18,19,22)/b17-8-/t10-,12+,13-/m1/s1. The van der Waals surface area contributed by atoms with Gasteiger partial charge >= 0.3 is 0 Å². The summed E-state index contributed by atoms with van der Waals surface area (Å²) >= 11 is 5.32. The molecule has 4 rings (SSSR count). The van der Waals surface area contributed by atoms with Crippen molar-refractivity contribution in [2.75, 3.05) is 6.79 Å². The maximum atomic E-state index is 5.34. The Morgan fingerprint density at radius 3 is 2.95 bits per heavy atom. The molecule has 0 unspecified atom stereocenters. The predicted molar refractivity (Wildman–Crippen MR) is 88.3 cm³/mol. The van der Waals surface area contributed by atoms with E-state index in [1.807, 2.05) is 18.2 Å². The number of rotatable bonds is 3. The maximum Gasteiger partial charge on any atom is 0.231 e. The molecule has 1 aromatic rings. The zero-order valence-corrected chi connectivity index (χ0v) is 13.1. The number of ether oxygens (including phenoxy) is 2. The van der Waals surface area contributed by atoms with Gasteiger partial charge in [0.2, 0.25) is 6.79 Å². The molecule has 1 heterocycles. The highest BCUT2D eigenvalue weighted by molar-refractivity contribution is 7.80. The predicted octanol–water partition coefficient (Wildman–Crippen LogP) is 2.40. The minimum atomic E-state index is 0.283. The van der Waals surface area contributed by atoms with Crippen molar-refractivity contribution in [3.8, 4) is 11.5 Å². The first-order valence-electron chi connectivity index (χ1n) is 7.77. The van der Waals surface area contributed by atoms with E-state index in [4.69, 9.17) is 21.7 Å². The van der Waals surface area contributed by atoms with Crippen molar-refractivity contribution in [1.29, 1.82) is 0 Å². The molecular weight excluding hydrogens is 298 g/mol. The quantitative estimate of drug-likeness (QED) is 0.509. The molecule has 2 aliphatic carbocycles. The summed E-state index contributed by atoms with van der Waals surface area (Å²) in [7, 11) is 0. The first kappa shape index (κ1) is 13.8. The number of hydrogen-bond donors (Lipinski definition) is 2. The minimum Gasteiger partial charge on any atom is -0.454 e. The number of nitrogens with one attached hydrogen (secondary N) is 2. The van der Waals surface area contributed by atoms with Gasteiger partial charge < -0.3 is 14.8 Å². The lowest BCUT2D eigenvalue weighted by molar-refractivity contribution is 0.174. The van der Waals surface area contributed by atoms with Gasteiger partial charge in [0.1, 0.15) is 0 Å². The molecule has 2 fully saturated rings. The van der Waals surface area contributed by atoms with Gasteiger partial charge in [0.05, 0.1) is 6.21 Å². The van der Waals surface area contributed by atoms with Gasteiger partial charge in [-0.2, -0.15) is 5.10 Å². The van der Waals surface area contributed by atoms with Crippen LogP contribution in [0.25, 0.3) is 0 Å². The van der Waals surface area contributed by atoms with Gasteiger partial charge in [-0.1, -0.05) is 6.42 Å². The molecule has 2 saturated carbocycles. The summed E-state index contributed by atoms with van der Waals surface area (Å²) < 4.78 is 10.6. The van der Waals surface area contributed by atoms with E-state index < -0.39 is 0 Å². The van der Waals surface area contributed by atoms with Crippen LogP contribution >= 0.6 is 12.2 Å². The second-order valence-electron chi connectivity index (χ2n) is 6.24. The highest BCUT2D eigenvalue weighted by Crippen LogP contribution is 2.44. The van der Waals surface area contributed by atoms with Crippen LogP contribution in [0, 0.1) is 11.8 Å². The van der Waals surface area contributed by atoms with Gasteiger partial charge in [0.15, 0.2) is 16.6 Å². The van der Waals surface area contributed by atoms with Crippen LogP contribution in [0.2, 0.25) is 0 Å². The Bertz CT molecular complexity index is 619. The van der Waals surface area contributed by atoms with Crippen molar-refractivity contribution in [2.24, 2.45) is 16.9 Å². The molecule has 6 heteroatoms. The molecule has 2 bridgehead atoms. The minimum absolute atomic E-state index is 0.283. The van der Waals surface area contributed by atoms with Crippen LogP contribution in [0.1, 0.15) is 31.2 Å². The van der Waals surface area contributed by atoms with Crippen molar-refractivity contribution < 1.29 is 9.47 Å². The average molecular weight is 317 g/mol. The van der Waals surface area contributed by atoms with Crippen molar-refractivity contribution in [3.05, 3.63) is 23.8 Å². The lowest BCUT2D eigenvalue weighted by Crippen LogP contribution is -2.42. The van der Waals surface area contributed by atoms with E-state index in [-0.39, 0.29) is 6.79 Å². The smallest absolute Gasteiger partial charge is 0.231 e. The third-order valence-corrected chi connectivity index (χ3v) is 5.04. The van der Waals surface area contributed by atoms with E-state index in [9.17, 15) is 0 Å². The molecule has 1 aliphatic heterocycles. The Morgan fingerprint density at radius 2 is 2.14 bits per heavy atom. The number of benzene rings is 1. The monoisotopic (exact) mass is 317 g/mol. The second-order valence-corrected chi connectivity index (χ2v) is 6.65. The third kappa shape index (κ3) is 2.75. The zero-order valence-electron chi connectivity index (χ0n) is 12.2. The lowest BCUT2D eigenvalue weighted by atomic mass is 9.96. The number of hydrogen-bond acceptors (Lipinski definition) is 4. The van der Waals surface area contributed by atoms with Gasteiger partial charge in [-0.25, -0.2) is 0 Å². The van der Waals surface area contributed by atoms with Crippen molar-refractivity contribution >= 4 is 23.5 Å². The van der Waals surface area contributed by atoms with Gasteiger partial charge in [0, 0.05) is 6.04 Å². The molecule has 2 N–H and O–H groups in total. The second kappa shape index (κ2) is 5.76. The lowest BCUT2D eigenvalue weighted by Gasteiger charge is -2.23. The van der Waals surface area contributed by atoms with E-state index in [0.717, 1.165) is 28.9 Å². The number of fused-ring (bicyclic) bond motifs is 3. The topological polar surface area (TPSA) is 54.9 Å². The largest absolute Gasteiger partial charge is 0.454 e. The molecule has 0 radical (unpaired) electrons. The van der Waals surface area contributed by atoms with Crippen molar-refractivity contribution in [3.63, 3.8) is 0 Å².